The van der Waals surface area contributed by atoms with E-state index in [0.29, 0.717) is 5.56 Å². The number of alkyl halides is 5. The molecule has 0 aliphatic heterocycles. The Bertz CT molecular complexity index is 843. The van der Waals surface area contributed by atoms with E-state index in [9.17, 15) is 26.7 Å². The van der Waals surface area contributed by atoms with E-state index >= 15 is 0 Å². The first-order chi connectivity index (χ1) is 14.1. The smallest absolute Gasteiger partial charge is 0.426 e. The lowest BCUT2D eigenvalue weighted by Crippen LogP contribution is -2.21. The lowest BCUT2D eigenvalue weighted by Gasteiger charge is -2.18. The summed E-state index contributed by atoms with van der Waals surface area (Å²) in [7, 11) is 1.23. The van der Waals surface area contributed by atoms with Crippen molar-refractivity contribution in [3.8, 4) is 11.5 Å². The maximum absolute atomic E-state index is 14.3. The van der Waals surface area contributed by atoms with Crippen LogP contribution in [0.4, 0.5) is 22.0 Å². The molecule has 0 saturated carbocycles. The minimum absolute atomic E-state index is 0.0947. The van der Waals surface area contributed by atoms with Crippen LogP contribution in [0.2, 0.25) is 0 Å². The normalized spacial score (nSPS) is 12.1. The molecule has 0 radical (unpaired) electrons. The predicted molar refractivity (Wildman–Crippen MR) is 99.2 cm³/mol. The van der Waals surface area contributed by atoms with Gasteiger partial charge in [0.05, 0.1) is 19.3 Å². The second-order valence-corrected chi connectivity index (χ2v) is 6.14. The van der Waals surface area contributed by atoms with Gasteiger partial charge < -0.3 is 14.2 Å². The maximum atomic E-state index is 14.3. The van der Waals surface area contributed by atoms with Crippen molar-refractivity contribution in [3.05, 3.63) is 65.7 Å². The van der Waals surface area contributed by atoms with Crippen molar-refractivity contribution >= 4 is 12.0 Å². The molecule has 4 nitrogen and oxygen atoms in total. The second-order valence-electron chi connectivity index (χ2n) is 6.14. The van der Waals surface area contributed by atoms with Crippen molar-refractivity contribution in [1.29, 1.82) is 0 Å². The Morgan fingerprint density at radius 3 is 2.10 bits per heavy atom. The molecule has 0 aliphatic rings. The first kappa shape index (κ1) is 23.2. The standard InChI is InChI=1S/C21H19F5O4/c1-28-19(27)12-5-15-3-8-18(9-4-15)30-21(25,26)16-6-10-17(11-7-16)29-14-2-13-20(22,23)24/h3-12H,2,13-14H2,1H3/b12-5+. The molecule has 2 rings (SSSR count). The van der Waals surface area contributed by atoms with Crippen molar-refractivity contribution < 1.29 is 41.0 Å². The first-order valence-corrected chi connectivity index (χ1v) is 8.82. The molecule has 0 aliphatic carbocycles. The van der Waals surface area contributed by atoms with Gasteiger partial charge in [0.15, 0.2) is 0 Å². The van der Waals surface area contributed by atoms with E-state index < -0.39 is 30.2 Å². The minimum atomic E-state index is -4.26. The number of hydrogen-bond donors (Lipinski definition) is 0. The summed E-state index contributed by atoms with van der Waals surface area (Å²) in [6.45, 7) is -0.178. The molecule has 0 saturated heterocycles. The number of methoxy groups -OCH3 is 1. The summed E-state index contributed by atoms with van der Waals surface area (Å²) < 4.78 is 79.3. The second kappa shape index (κ2) is 10.1. The van der Waals surface area contributed by atoms with E-state index in [1.165, 1.54) is 55.7 Å². The molecule has 0 atom stereocenters. The molecular formula is C21H19F5O4. The van der Waals surface area contributed by atoms with Crippen LogP contribution in [0.1, 0.15) is 24.0 Å². The molecule has 2 aromatic rings. The van der Waals surface area contributed by atoms with Crippen molar-refractivity contribution in [2.75, 3.05) is 13.7 Å². The fourth-order valence-electron chi connectivity index (χ4n) is 2.29. The first-order valence-electron chi connectivity index (χ1n) is 8.82. The van der Waals surface area contributed by atoms with Gasteiger partial charge in [0.1, 0.15) is 11.5 Å². The largest absolute Gasteiger partial charge is 0.494 e. The van der Waals surface area contributed by atoms with Gasteiger partial charge in [0.2, 0.25) is 0 Å². The van der Waals surface area contributed by atoms with Crippen LogP contribution < -0.4 is 9.47 Å². The van der Waals surface area contributed by atoms with Gasteiger partial charge in [0.25, 0.3) is 0 Å². The number of carbonyl (C=O) groups excluding carboxylic acids is 1. The molecule has 162 valence electrons. The number of esters is 1. The summed E-state index contributed by atoms with van der Waals surface area (Å²) in [5, 5.41) is 0. The van der Waals surface area contributed by atoms with E-state index in [2.05, 4.69) is 4.74 Å². The van der Waals surface area contributed by atoms with Crippen LogP contribution in [-0.2, 0) is 15.6 Å². The van der Waals surface area contributed by atoms with Crippen LogP contribution in [-0.4, -0.2) is 25.9 Å². The summed E-state index contributed by atoms with van der Waals surface area (Å²) in [6.07, 6.45) is -6.46. The van der Waals surface area contributed by atoms with Crippen LogP contribution in [0.15, 0.2) is 54.6 Å². The summed E-state index contributed by atoms with van der Waals surface area (Å²) in [5.41, 5.74) is 0.142. The Morgan fingerprint density at radius 2 is 1.53 bits per heavy atom. The van der Waals surface area contributed by atoms with Gasteiger partial charge in [0, 0.05) is 12.5 Å². The Kier molecular flexibility index (Phi) is 7.79. The average Bonchev–Trinajstić information content (AvgIpc) is 2.70. The zero-order valence-corrected chi connectivity index (χ0v) is 15.9. The quantitative estimate of drug-likeness (QED) is 0.221. The molecule has 0 amide bonds. The molecule has 0 aromatic heterocycles. The number of carbonyl (C=O) groups is 1. The summed E-state index contributed by atoms with van der Waals surface area (Å²) >= 11 is 0. The minimum Gasteiger partial charge on any atom is -0.494 e. The summed E-state index contributed by atoms with van der Waals surface area (Å²) in [6, 6.07) is 10.2. The molecule has 9 heteroatoms. The SMILES string of the molecule is COC(=O)/C=C/c1ccc(OC(F)(F)c2ccc(OCCCC(F)(F)F)cc2)cc1. The van der Waals surface area contributed by atoms with Crippen LogP contribution in [0.5, 0.6) is 11.5 Å². The number of benzene rings is 2. The fourth-order valence-corrected chi connectivity index (χ4v) is 2.29. The van der Waals surface area contributed by atoms with E-state index in [4.69, 9.17) is 9.47 Å². The van der Waals surface area contributed by atoms with Gasteiger partial charge in [-0.2, -0.15) is 22.0 Å². The third-order valence-corrected chi connectivity index (χ3v) is 3.80. The zero-order chi connectivity index (χ0) is 22.2. The van der Waals surface area contributed by atoms with Crippen molar-refractivity contribution in [3.63, 3.8) is 0 Å². The molecule has 0 spiro atoms. The van der Waals surface area contributed by atoms with E-state index in [-0.39, 0.29) is 24.5 Å². The van der Waals surface area contributed by atoms with E-state index in [0.717, 1.165) is 12.1 Å². The van der Waals surface area contributed by atoms with E-state index in [1.807, 2.05) is 0 Å². The third-order valence-electron chi connectivity index (χ3n) is 3.80. The molecule has 0 bridgehead atoms. The van der Waals surface area contributed by atoms with Gasteiger partial charge in [-0.25, -0.2) is 4.79 Å². The summed E-state index contributed by atoms with van der Waals surface area (Å²) in [5.74, 6) is -0.462. The van der Waals surface area contributed by atoms with Crippen molar-refractivity contribution in [1.82, 2.24) is 0 Å². The summed E-state index contributed by atoms with van der Waals surface area (Å²) in [4.78, 5) is 11.0. The van der Waals surface area contributed by atoms with Crippen molar-refractivity contribution in [2.24, 2.45) is 0 Å². The Morgan fingerprint density at radius 1 is 0.933 bits per heavy atom. The molecule has 30 heavy (non-hydrogen) atoms. The lowest BCUT2D eigenvalue weighted by molar-refractivity contribution is -0.185. The molecular weight excluding hydrogens is 411 g/mol. The Balaban J connectivity index is 1.93. The highest BCUT2D eigenvalue weighted by atomic mass is 19.4. The van der Waals surface area contributed by atoms with Crippen LogP contribution >= 0.6 is 0 Å². The maximum Gasteiger partial charge on any atom is 0.426 e. The highest BCUT2D eigenvalue weighted by Gasteiger charge is 2.34. The molecule has 0 N–H and O–H groups in total. The highest BCUT2D eigenvalue weighted by Crippen LogP contribution is 2.32. The van der Waals surface area contributed by atoms with Crippen LogP contribution in [0, 0.1) is 0 Å². The lowest BCUT2D eigenvalue weighted by atomic mass is 10.2. The van der Waals surface area contributed by atoms with Gasteiger partial charge in [-0.1, -0.05) is 12.1 Å². The van der Waals surface area contributed by atoms with Gasteiger partial charge in [-0.3, -0.25) is 0 Å². The molecule has 2 aromatic carbocycles. The number of rotatable bonds is 9. The topological polar surface area (TPSA) is 44.8 Å². The Labute approximate surface area is 169 Å². The third kappa shape index (κ3) is 7.73. The fraction of sp³-hybridized carbons (Fsp3) is 0.286. The molecule has 0 unspecified atom stereocenters. The number of ether oxygens (including phenoxy) is 3. The predicted octanol–water partition coefficient (Wildman–Crippen LogP) is 5.72. The highest BCUT2D eigenvalue weighted by molar-refractivity contribution is 5.86. The monoisotopic (exact) mass is 430 g/mol. The van der Waals surface area contributed by atoms with Crippen LogP contribution in [0.25, 0.3) is 6.08 Å². The van der Waals surface area contributed by atoms with Crippen LogP contribution in [0.3, 0.4) is 0 Å². The van der Waals surface area contributed by atoms with Crippen molar-refractivity contribution in [2.45, 2.75) is 25.1 Å². The number of halogens is 5. The van der Waals surface area contributed by atoms with Gasteiger partial charge in [-0.05, 0) is 54.5 Å². The average molecular weight is 430 g/mol. The number of hydrogen-bond acceptors (Lipinski definition) is 4. The van der Waals surface area contributed by atoms with Gasteiger partial charge in [-0.15, -0.1) is 0 Å². The molecule has 0 heterocycles. The zero-order valence-electron chi connectivity index (χ0n) is 15.9. The van der Waals surface area contributed by atoms with E-state index in [1.54, 1.807) is 0 Å². The molecule has 0 fully saturated rings. The Hall–Kier alpha value is -3.10. The van der Waals surface area contributed by atoms with Gasteiger partial charge >= 0.3 is 18.3 Å².